The smallest absolute Gasteiger partial charge is 0.204 e. The number of benzene rings is 2. The number of nitrogens with zero attached hydrogens (tertiary/aromatic N) is 3. The molecule has 1 aromatic heterocycles. The third kappa shape index (κ3) is 3.86. The van der Waals surface area contributed by atoms with E-state index in [-0.39, 0.29) is 0 Å². The molecule has 2 heterocycles. The van der Waals surface area contributed by atoms with Gasteiger partial charge in [-0.1, -0.05) is 29.8 Å². The fourth-order valence-corrected chi connectivity index (χ4v) is 4.33. The maximum Gasteiger partial charge on any atom is 0.204 e. The molecule has 0 spiro atoms. The van der Waals surface area contributed by atoms with Crippen LogP contribution in [0.15, 0.2) is 36.5 Å². The molecule has 1 aliphatic heterocycles. The summed E-state index contributed by atoms with van der Waals surface area (Å²) in [4.78, 5) is 2.33. The summed E-state index contributed by atoms with van der Waals surface area (Å²) in [6.07, 6.45) is 5.13. The van der Waals surface area contributed by atoms with Crippen molar-refractivity contribution in [2.75, 3.05) is 39.3 Å². The maximum atomic E-state index is 5.63. The van der Waals surface area contributed by atoms with Crippen molar-refractivity contribution in [1.29, 1.82) is 0 Å². The number of aryl methyl sites for hydroxylation is 1. The van der Waals surface area contributed by atoms with Gasteiger partial charge in [-0.25, -0.2) is 0 Å². The topological polar surface area (TPSA) is 56.7 Å². The summed E-state index contributed by atoms with van der Waals surface area (Å²) in [6, 6.07) is 10.9. The van der Waals surface area contributed by atoms with Crippen LogP contribution in [0.5, 0.6) is 17.2 Å². The Hall–Kier alpha value is -3.02. The number of fused-ring (bicyclic) bond motifs is 1. The highest BCUT2D eigenvalue weighted by Gasteiger charge is 2.25. The van der Waals surface area contributed by atoms with Crippen molar-refractivity contribution in [3.63, 3.8) is 0 Å². The quantitative estimate of drug-likeness (QED) is 0.603. The first-order chi connectivity index (χ1) is 14.6. The molecule has 1 fully saturated rings. The number of piperidine rings is 1. The van der Waals surface area contributed by atoms with Crippen LogP contribution in [0.25, 0.3) is 10.8 Å². The minimum Gasteiger partial charge on any atom is -0.493 e. The van der Waals surface area contributed by atoms with Gasteiger partial charge in [0.1, 0.15) is 0 Å². The van der Waals surface area contributed by atoms with Gasteiger partial charge in [0, 0.05) is 18.5 Å². The van der Waals surface area contributed by atoms with E-state index >= 15 is 0 Å². The van der Waals surface area contributed by atoms with Crippen LogP contribution in [0.2, 0.25) is 0 Å². The zero-order chi connectivity index (χ0) is 21.1. The Balaban J connectivity index is 1.57. The first kappa shape index (κ1) is 20.3. The molecule has 0 aliphatic carbocycles. The van der Waals surface area contributed by atoms with Crippen molar-refractivity contribution in [2.24, 2.45) is 5.92 Å². The van der Waals surface area contributed by atoms with Crippen LogP contribution in [0, 0.1) is 12.8 Å². The molecule has 4 rings (SSSR count). The Kier molecular flexibility index (Phi) is 5.93. The van der Waals surface area contributed by atoms with E-state index in [4.69, 9.17) is 14.2 Å². The van der Waals surface area contributed by atoms with Crippen molar-refractivity contribution >= 4 is 16.6 Å². The lowest BCUT2D eigenvalue weighted by Gasteiger charge is -2.33. The summed E-state index contributed by atoms with van der Waals surface area (Å²) >= 11 is 0. The van der Waals surface area contributed by atoms with Crippen molar-refractivity contribution in [3.05, 3.63) is 47.7 Å². The van der Waals surface area contributed by atoms with E-state index in [9.17, 15) is 0 Å². The standard InChI is InChI=1S/C24H29N3O3/c1-16-5-7-17(8-6-16)13-18-9-11-27(12-10-18)24-19-14-21(28-2)23(30-4)22(29-3)20(19)15-25-26-24/h5-8,14-15,18H,9-13H2,1-4H3. The van der Waals surface area contributed by atoms with Crippen molar-refractivity contribution < 1.29 is 14.2 Å². The molecule has 0 N–H and O–H groups in total. The number of ether oxygens (including phenoxy) is 3. The lowest BCUT2D eigenvalue weighted by molar-refractivity contribution is 0.327. The largest absolute Gasteiger partial charge is 0.493 e. The second kappa shape index (κ2) is 8.78. The SMILES string of the molecule is COc1cc2c(N3CCC(Cc4ccc(C)cc4)CC3)nncc2c(OC)c1OC. The van der Waals surface area contributed by atoms with Gasteiger partial charge < -0.3 is 19.1 Å². The number of hydrogen-bond acceptors (Lipinski definition) is 6. The van der Waals surface area contributed by atoms with E-state index < -0.39 is 0 Å². The molecular formula is C24H29N3O3. The Labute approximate surface area is 177 Å². The van der Waals surface area contributed by atoms with Crippen molar-refractivity contribution in [1.82, 2.24) is 10.2 Å². The molecule has 0 bridgehead atoms. The third-order valence-electron chi connectivity index (χ3n) is 6.01. The zero-order valence-corrected chi connectivity index (χ0v) is 18.1. The number of anilines is 1. The van der Waals surface area contributed by atoms with E-state index in [1.807, 2.05) is 6.07 Å². The minimum absolute atomic E-state index is 0.572. The molecule has 6 nitrogen and oxygen atoms in total. The van der Waals surface area contributed by atoms with Gasteiger partial charge in [0.2, 0.25) is 5.75 Å². The van der Waals surface area contributed by atoms with Crippen LogP contribution in [-0.2, 0) is 6.42 Å². The Bertz CT molecular complexity index is 1010. The molecule has 1 aliphatic rings. The summed E-state index contributed by atoms with van der Waals surface area (Å²) in [5.74, 6) is 3.39. The van der Waals surface area contributed by atoms with Crippen LogP contribution in [0.4, 0.5) is 5.82 Å². The zero-order valence-electron chi connectivity index (χ0n) is 18.1. The third-order valence-corrected chi connectivity index (χ3v) is 6.01. The molecule has 0 saturated carbocycles. The van der Waals surface area contributed by atoms with Gasteiger partial charge in [-0.2, -0.15) is 5.10 Å². The average Bonchev–Trinajstić information content (AvgIpc) is 2.79. The van der Waals surface area contributed by atoms with Gasteiger partial charge in [0.15, 0.2) is 17.3 Å². The molecule has 2 aromatic carbocycles. The molecule has 0 amide bonds. The summed E-state index contributed by atoms with van der Waals surface area (Å²) in [5.41, 5.74) is 2.73. The van der Waals surface area contributed by atoms with Gasteiger partial charge in [0.05, 0.1) is 32.9 Å². The lowest BCUT2D eigenvalue weighted by Crippen LogP contribution is -2.35. The van der Waals surface area contributed by atoms with Gasteiger partial charge in [-0.3, -0.25) is 0 Å². The molecule has 6 heteroatoms. The van der Waals surface area contributed by atoms with E-state index in [1.165, 1.54) is 11.1 Å². The van der Waals surface area contributed by atoms with Crippen LogP contribution >= 0.6 is 0 Å². The van der Waals surface area contributed by atoms with E-state index in [0.29, 0.717) is 23.2 Å². The highest BCUT2D eigenvalue weighted by Crippen LogP contribution is 2.45. The van der Waals surface area contributed by atoms with Gasteiger partial charge >= 0.3 is 0 Å². The molecule has 3 aromatic rings. The second-order valence-corrected chi connectivity index (χ2v) is 7.89. The van der Waals surface area contributed by atoms with Crippen LogP contribution < -0.4 is 19.1 Å². The van der Waals surface area contributed by atoms with Gasteiger partial charge in [-0.15, -0.1) is 5.10 Å². The van der Waals surface area contributed by atoms with Crippen LogP contribution in [-0.4, -0.2) is 44.6 Å². The normalized spacial score (nSPS) is 14.7. The van der Waals surface area contributed by atoms with Crippen LogP contribution in [0.3, 0.4) is 0 Å². The van der Waals surface area contributed by atoms with E-state index in [1.54, 1.807) is 27.5 Å². The fraction of sp³-hybridized carbons (Fsp3) is 0.417. The Morgan fingerprint density at radius 3 is 2.27 bits per heavy atom. The maximum absolute atomic E-state index is 5.63. The summed E-state index contributed by atoms with van der Waals surface area (Å²) in [5, 5.41) is 10.6. The first-order valence-corrected chi connectivity index (χ1v) is 10.4. The van der Waals surface area contributed by atoms with Crippen LogP contribution in [0.1, 0.15) is 24.0 Å². The average molecular weight is 408 g/mol. The predicted octanol–water partition coefficient (Wildman–Crippen LogP) is 4.42. The summed E-state index contributed by atoms with van der Waals surface area (Å²) in [7, 11) is 4.88. The molecule has 0 unspecified atom stereocenters. The predicted molar refractivity (Wildman–Crippen MR) is 119 cm³/mol. The molecule has 0 radical (unpaired) electrons. The Morgan fingerprint density at radius 1 is 0.933 bits per heavy atom. The van der Waals surface area contributed by atoms with Crippen molar-refractivity contribution in [2.45, 2.75) is 26.2 Å². The first-order valence-electron chi connectivity index (χ1n) is 10.4. The van der Waals surface area contributed by atoms with Gasteiger partial charge in [0.25, 0.3) is 0 Å². The lowest BCUT2D eigenvalue weighted by atomic mass is 9.90. The monoisotopic (exact) mass is 407 g/mol. The number of hydrogen-bond donors (Lipinski definition) is 0. The number of rotatable bonds is 6. The van der Waals surface area contributed by atoms with Gasteiger partial charge in [-0.05, 0) is 43.7 Å². The van der Waals surface area contributed by atoms with E-state index in [0.717, 1.165) is 48.9 Å². The highest BCUT2D eigenvalue weighted by molar-refractivity contribution is 5.99. The summed E-state index contributed by atoms with van der Waals surface area (Å²) in [6.45, 7) is 4.05. The minimum atomic E-state index is 0.572. The number of aromatic nitrogens is 2. The fourth-order valence-electron chi connectivity index (χ4n) is 4.33. The molecule has 158 valence electrons. The Morgan fingerprint density at radius 2 is 1.63 bits per heavy atom. The molecule has 1 saturated heterocycles. The number of methoxy groups -OCH3 is 3. The summed E-state index contributed by atoms with van der Waals surface area (Å²) < 4.78 is 16.7. The molecule has 30 heavy (non-hydrogen) atoms. The van der Waals surface area contributed by atoms with Crippen molar-refractivity contribution in [3.8, 4) is 17.2 Å². The second-order valence-electron chi connectivity index (χ2n) is 7.89. The molecule has 0 atom stereocenters. The highest BCUT2D eigenvalue weighted by atomic mass is 16.5. The molecular weight excluding hydrogens is 378 g/mol. The van der Waals surface area contributed by atoms with E-state index in [2.05, 4.69) is 46.3 Å².